The van der Waals surface area contributed by atoms with Crippen LogP contribution >= 0.6 is 15.9 Å². The molecule has 1 fully saturated rings. The zero-order chi connectivity index (χ0) is 13.0. The second kappa shape index (κ2) is 6.38. The standard InChI is InChI=1S/C12H21BrN2O2/c1-7(2)10(13)12(17)15-9-5-3-8(4-6-9)11(14)16/h7-10H,3-6H2,1-2H3,(H2,14,16)(H,15,17). The average Bonchev–Trinajstić information content (AvgIpc) is 2.28. The molecule has 1 rings (SSSR count). The van der Waals surface area contributed by atoms with E-state index in [1.807, 2.05) is 13.8 Å². The lowest BCUT2D eigenvalue weighted by Gasteiger charge is -2.28. The van der Waals surface area contributed by atoms with Gasteiger partial charge in [-0.2, -0.15) is 0 Å². The van der Waals surface area contributed by atoms with Crippen molar-refractivity contribution in [3.63, 3.8) is 0 Å². The summed E-state index contributed by atoms with van der Waals surface area (Å²) in [6.45, 7) is 4.01. The molecule has 0 heterocycles. The first-order chi connectivity index (χ1) is 7.91. The number of carbonyl (C=O) groups excluding carboxylic acids is 2. The van der Waals surface area contributed by atoms with Crippen LogP contribution in [-0.2, 0) is 9.59 Å². The fourth-order valence-electron chi connectivity index (χ4n) is 2.11. The van der Waals surface area contributed by atoms with Crippen LogP contribution in [0.3, 0.4) is 0 Å². The van der Waals surface area contributed by atoms with Gasteiger partial charge < -0.3 is 11.1 Å². The lowest BCUT2D eigenvalue weighted by molar-refractivity contribution is -0.123. The highest BCUT2D eigenvalue weighted by Crippen LogP contribution is 2.24. The first-order valence-corrected chi connectivity index (χ1v) is 7.07. The van der Waals surface area contributed by atoms with Crippen molar-refractivity contribution < 1.29 is 9.59 Å². The first kappa shape index (κ1) is 14.5. The van der Waals surface area contributed by atoms with Crippen LogP contribution in [0.25, 0.3) is 0 Å². The van der Waals surface area contributed by atoms with E-state index in [-0.39, 0.29) is 34.5 Å². The number of alkyl halides is 1. The number of rotatable bonds is 4. The van der Waals surface area contributed by atoms with Gasteiger partial charge in [0.15, 0.2) is 0 Å². The van der Waals surface area contributed by atoms with E-state index in [9.17, 15) is 9.59 Å². The predicted molar refractivity (Wildman–Crippen MR) is 70.6 cm³/mol. The van der Waals surface area contributed by atoms with Gasteiger partial charge in [0.25, 0.3) is 0 Å². The Kier molecular flexibility index (Phi) is 5.43. The summed E-state index contributed by atoms with van der Waals surface area (Å²) in [5, 5.41) is 3.02. The van der Waals surface area contributed by atoms with Crippen molar-refractivity contribution in [1.82, 2.24) is 5.32 Å². The van der Waals surface area contributed by atoms with E-state index in [2.05, 4.69) is 21.2 Å². The molecule has 2 amide bonds. The summed E-state index contributed by atoms with van der Waals surface area (Å²) in [5.74, 6) is 0.0998. The minimum atomic E-state index is -0.213. The Hall–Kier alpha value is -0.580. The molecule has 0 aromatic heterocycles. The Labute approximate surface area is 111 Å². The third kappa shape index (κ3) is 4.30. The van der Waals surface area contributed by atoms with Gasteiger partial charge in [-0.15, -0.1) is 0 Å². The van der Waals surface area contributed by atoms with Gasteiger partial charge in [-0.05, 0) is 31.6 Å². The number of nitrogens with one attached hydrogen (secondary N) is 1. The summed E-state index contributed by atoms with van der Waals surface area (Å²) in [5.41, 5.74) is 5.27. The molecular weight excluding hydrogens is 284 g/mol. The van der Waals surface area contributed by atoms with E-state index in [0.29, 0.717) is 0 Å². The molecule has 0 aliphatic heterocycles. The zero-order valence-electron chi connectivity index (χ0n) is 10.4. The molecule has 17 heavy (non-hydrogen) atoms. The van der Waals surface area contributed by atoms with Crippen molar-refractivity contribution in [2.45, 2.75) is 50.4 Å². The summed E-state index contributed by atoms with van der Waals surface area (Å²) in [6.07, 6.45) is 3.26. The molecule has 98 valence electrons. The summed E-state index contributed by atoms with van der Waals surface area (Å²) < 4.78 is 0. The van der Waals surface area contributed by atoms with E-state index in [1.165, 1.54) is 0 Å². The summed E-state index contributed by atoms with van der Waals surface area (Å²) in [7, 11) is 0. The van der Waals surface area contributed by atoms with Gasteiger partial charge in [0.05, 0.1) is 4.83 Å². The van der Waals surface area contributed by atoms with Gasteiger partial charge >= 0.3 is 0 Å². The largest absolute Gasteiger partial charge is 0.369 e. The third-order valence-electron chi connectivity index (χ3n) is 3.31. The molecule has 1 saturated carbocycles. The highest BCUT2D eigenvalue weighted by atomic mass is 79.9. The van der Waals surface area contributed by atoms with Crippen LogP contribution in [0.1, 0.15) is 39.5 Å². The van der Waals surface area contributed by atoms with Crippen LogP contribution in [0, 0.1) is 11.8 Å². The lowest BCUT2D eigenvalue weighted by atomic mass is 9.85. The van der Waals surface area contributed by atoms with E-state index in [1.54, 1.807) is 0 Å². The molecule has 0 aromatic rings. The van der Waals surface area contributed by atoms with Crippen molar-refractivity contribution in [3.8, 4) is 0 Å². The molecule has 0 bridgehead atoms. The van der Waals surface area contributed by atoms with Crippen molar-refractivity contribution >= 4 is 27.7 Å². The normalized spacial score (nSPS) is 26.6. The molecule has 0 spiro atoms. The van der Waals surface area contributed by atoms with Crippen molar-refractivity contribution in [3.05, 3.63) is 0 Å². The number of carbonyl (C=O) groups is 2. The van der Waals surface area contributed by atoms with E-state index in [0.717, 1.165) is 25.7 Å². The molecule has 0 saturated heterocycles. The summed E-state index contributed by atoms with van der Waals surface area (Å²) in [6, 6.07) is 0.192. The molecule has 1 aliphatic rings. The van der Waals surface area contributed by atoms with Gasteiger partial charge in [0, 0.05) is 12.0 Å². The quantitative estimate of drug-likeness (QED) is 0.774. The highest BCUT2D eigenvalue weighted by Gasteiger charge is 2.27. The Morgan fingerprint density at radius 3 is 2.18 bits per heavy atom. The maximum atomic E-state index is 11.8. The maximum Gasteiger partial charge on any atom is 0.234 e. The minimum Gasteiger partial charge on any atom is -0.369 e. The van der Waals surface area contributed by atoms with Crippen molar-refractivity contribution in [2.24, 2.45) is 17.6 Å². The topological polar surface area (TPSA) is 72.2 Å². The maximum absolute atomic E-state index is 11.8. The van der Waals surface area contributed by atoms with Gasteiger partial charge in [-0.3, -0.25) is 9.59 Å². The van der Waals surface area contributed by atoms with Crippen LogP contribution in [0.4, 0.5) is 0 Å². The summed E-state index contributed by atoms with van der Waals surface area (Å²) >= 11 is 3.38. The minimum absolute atomic E-state index is 0.00646. The molecule has 1 aliphatic carbocycles. The van der Waals surface area contributed by atoms with E-state index >= 15 is 0 Å². The second-order valence-electron chi connectivity index (χ2n) is 5.11. The Morgan fingerprint density at radius 2 is 1.76 bits per heavy atom. The zero-order valence-corrected chi connectivity index (χ0v) is 12.0. The molecular formula is C12H21BrN2O2. The number of primary amides is 1. The molecule has 1 atom stereocenters. The fraction of sp³-hybridized carbons (Fsp3) is 0.833. The Balaban J connectivity index is 2.35. The van der Waals surface area contributed by atoms with Crippen LogP contribution in [0.2, 0.25) is 0 Å². The molecule has 5 heteroatoms. The van der Waals surface area contributed by atoms with Crippen LogP contribution < -0.4 is 11.1 Å². The molecule has 0 radical (unpaired) electrons. The van der Waals surface area contributed by atoms with E-state index < -0.39 is 0 Å². The summed E-state index contributed by atoms with van der Waals surface area (Å²) in [4.78, 5) is 22.7. The molecule has 0 aromatic carbocycles. The Morgan fingerprint density at radius 1 is 1.24 bits per heavy atom. The fourth-order valence-corrected chi connectivity index (χ4v) is 2.24. The van der Waals surface area contributed by atoms with Gasteiger partial charge in [0.2, 0.25) is 11.8 Å². The monoisotopic (exact) mass is 304 g/mol. The molecule has 3 N–H and O–H groups in total. The Bertz CT molecular complexity index is 286. The van der Waals surface area contributed by atoms with E-state index in [4.69, 9.17) is 5.73 Å². The van der Waals surface area contributed by atoms with Gasteiger partial charge in [0.1, 0.15) is 0 Å². The predicted octanol–water partition coefficient (Wildman–Crippen LogP) is 1.57. The smallest absolute Gasteiger partial charge is 0.234 e. The lowest BCUT2D eigenvalue weighted by Crippen LogP contribution is -2.43. The van der Waals surface area contributed by atoms with Crippen LogP contribution in [0.15, 0.2) is 0 Å². The molecule has 4 nitrogen and oxygen atoms in total. The second-order valence-corrected chi connectivity index (χ2v) is 6.09. The van der Waals surface area contributed by atoms with Gasteiger partial charge in [-0.1, -0.05) is 29.8 Å². The number of hydrogen-bond acceptors (Lipinski definition) is 2. The van der Waals surface area contributed by atoms with Crippen LogP contribution in [-0.4, -0.2) is 22.7 Å². The van der Waals surface area contributed by atoms with Crippen molar-refractivity contribution in [1.29, 1.82) is 0 Å². The van der Waals surface area contributed by atoms with Gasteiger partial charge in [-0.25, -0.2) is 0 Å². The first-order valence-electron chi connectivity index (χ1n) is 6.15. The number of halogens is 1. The SMILES string of the molecule is CC(C)C(Br)C(=O)NC1CCC(C(N)=O)CC1. The molecule has 1 unspecified atom stereocenters. The number of nitrogens with two attached hydrogens (primary N) is 1. The highest BCUT2D eigenvalue weighted by molar-refractivity contribution is 9.10. The van der Waals surface area contributed by atoms with Crippen molar-refractivity contribution in [2.75, 3.05) is 0 Å². The van der Waals surface area contributed by atoms with Crippen LogP contribution in [0.5, 0.6) is 0 Å². The third-order valence-corrected chi connectivity index (χ3v) is 4.78. The average molecular weight is 305 g/mol. The number of amides is 2. The number of hydrogen-bond donors (Lipinski definition) is 2.